The van der Waals surface area contributed by atoms with Crippen LogP contribution in [0.1, 0.15) is 36.7 Å². The molecule has 0 spiro atoms. The number of hydrogen-bond donors (Lipinski definition) is 1. The number of carbonyl (C=O) groups excluding carboxylic acids is 1. The SMILES string of the molecule is CCc1nc(Cl)c(C)c(N2CCC(C(=O)NCc3cccnc3)CC2)n1. The number of hydrogen-bond acceptors (Lipinski definition) is 5. The Balaban J connectivity index is 1.57. The number of rotatable bonds is 5. The van der Waals surface area contributed by atoms with Crippen molar-refractivity contribution in [3.05, 3.63) is 46.6 Å². The van der Waals surface area contributed by atoms with E-state index >= 15 is 0 Å². The number of halogens is 1. The van der Waals surface area contributed by atoms with E-state index in [0.717, 1.165) is 55.1 Å². The Morgan fingerprint density at radius 3 is 2.77 bits per heavy atom. The molecule has 1 fully saturated rings. The zero-order chi connectivity index (χ0) is 18.5. The van der Waals surface area contributed by atoms with Crippen molar-refractivity contribution in [3.8, 4) is 0 Å². The highest BCUT2D eigenvalue weighted by atomic mass is 35.5. The third-order valence-corrected chi connectivity index (χ3v) is 5.15. The highest BCUT2D eigenvalue weighted by Gasteiger charge is 2.27. The topological polar surface area (TPSA) is 71.0 Å². The van der Waals surface area contributed by atoms with Crippen LogP contribution in [0.3, 0.4) is 0 Å². The largest absolute Gasteiger partial charge is 0.356 e. The quantitative estimate of drug-likeness (QED) is 0.816. The molecule has 7 heteroatoms. The van der Waals surface area contributed by atoms with Crippen LogP contribution in [0.15, 0.2) is 24.5 Å². The van der Waals surface area contributed by atoms with Crippen LogP contribution in [0, 0.1) is 12.8 Å². The zero-order valence-electron chi connectivity index (χ0n) is 15.2. The maximum absolute atomic E-state index is 12.4. The molecule has 1 N–H and O–H groups in total. The Labute approximate surface area is 159 Å². The van der Waals surface area contributed by atoms with Crippen molar-refractivity contribution >= 4 is 23.3 Å². The van der Waals surface area contributed by atoms with E-state index in [2.05, 4.69) is 25.2 Å². The van der Waals surface area contributed by atoms with E-state index in [1.807, 2.05) is 26.0 Å². The highest BCUT2D eigenvalue weighted by molar-refractivity contribution is 6.30. The Morgan fingerprint density at radius 2 is 2.12 bits per heavy atom. The van der Waals surface area contributed by atoms with Gasteiger partial charge in [-0.2, -0.15) is 0 Å². The van der Waals surface area contributed by atoms with Gasteiger partial charge < -0.3 is 10.2 Å². The van der Waals surface area contributed by atoms with E-state index in [-0.39, 0.29) is 11.8 Å². The molecule has 1 aliphatic heterocycles. The average Bonchev–Trinajstić information content (AvgIpc) is 2.69. The first-order valence-electron chi connectivity index (χ1n) is 9.03. The summed E-state index contributed by atoms with van der Waals surface area (Å²) < 4.78 is 0. The molecule has 0 bridgehead atoms. The molecule has 6 nitrogen and oxygen atoms in total. The summed E-state index contributed by atoms with van der Waals surface area (Å²) in [4.78, 5) is 27.7. The van der Waals surface area contributed by atoms with Gasteiger partial charge in [0.05, 0.1) is 0 Å². The molecular weight excluding hydrogens is 350 g/mol. The summed E-state index contributed by atoms with van der Waals surface area (Å²) >= 11 is 6.25. The summed E-state index contributed by atoms with van der Waals surface area (Å²) in [5.74, 6) is 1.80. The van der Waals surface area contributed by atoms with Crippen LogP contribution >= 0.6 is 11.6 Å². The van der Waals surface area contributed by atoms with Gasteiger partial charge >= 0.3 is 0 Å². The van der Waals surface area contributed by atoms with Crippen molar-refractivity contribution in [2.45, 2.75) is 39.7 Å². The summed E-state index contributed by atoms with van der Waals surface area (Å²) in [7, 11) is 0. The third-order valence-electron chi connectivity index (χ3n) is 4.78. The van der Waals surface area contributed by atoms with Crippen molar-refractivity contribution in [2.24, 2.45) is 5.92 Å². The normalized spacial score (nSPS) is 15.1. The standard InChI is InChI=1S/C19H24ClN5O/c1-3-16-23-17(20)13(2)18(24-16)25-9-6-15(7-10-25)19(26)22-12-14-5-4-8-21-11-14/h4-5,8,11,15H,3,6-7,9-10,12H2,1-2H3,(H,22,26). The first kappa shape index (κ1) is 18.6. The van der Waals surface area contributed by atoms with Crippen LogP contribution < -0.4 is 10.2 Å². The van der Waals surface area contributed by atoms with E-state index in [4.69, 9.17) is 11.6 Å². The van der Waals surface area contributed by atoms with Gasteiger partial charge in [0.25, 0.3) is 0 Å². The average molecular weight is 374 g/mol. The number of nitrogens with one attached hydrogen (secondary N) is 1. The van der Waals surface area contributed by atoms with Gasteiger partial charge in [-0.05, 0) is 31.4 Å². The van der Waals surface area contributed by atoms with Gasteiger partial charge in [0.15, 0.2) is 0 Å². The van der Waals surface area contributed by atoms with Gasteiger partial charge in [-0.15, -0.1) is 0 Å². The Morgan fingerprint density at radius 1 is 1.35 bits per heavy atom. The molecular formula is C19H24ClN5O. The lowest BCUT2D eigenvalue weighted by Gasteiger charge is -2.33. The van der Waals surface area contributed by atoms with Gasteiger partial charge in [0.1, 0.15) is 16.8 Å². The number of nitrogens with zero attached hydrogens (tertiary/aromatic N) is 4. The molecule has 0 aromatic carbocycles. The first-order chi connectivity index (χ1) is 12.6. The fourth-order valence-corrected chi connectivity index (χ4v) is 3.36. The lowest BCUT2D eigenvalue weighted by atomic mass is 9.95. The molecule has 2 aromatic rings. The predicted octanol–water partition coefficient (Wildman–Crippen LogP) is 2.93. The van der Waals surface area contributed by atoms with Gasteiger partial charge in [0, 0.05) is 49.9 Å². The predicted molar refractivity (Wildman–Crippen MR) is 102 cm³/mol. The molecule has 0 saturated carbocycles. The van der Waals surface area contributed by atoms with Crippen LogP contribution in [0.4, 0.5) is 5.82 Å². The second-order valence-corrected chi connectivity index (χ2v) is 6.93. The smallest absolute Gasteiger partial charge is 0.223 e. The maximum Gasteiger partial charge on any atom is 0.223 e. The van der Waals surface area contributed by atoms with E-state index < -0.39 is 0 Å². The fourth-order valence-electron chi connectivity index (χ4n) is 3.18. The Bertz CT molecular complexity index is 760. The molecule has 0 unspecified atom stereocenters. The highest BCUT2D eigenvalue weighted by Crippen LogP contribution is 2.28. The van der Waals surface area contributed by atoms with Crippen LogP contribution in [0.2, 0.25) is 5.15 Å². The van der Waals surface area contributed by atoms with Crippen LogP contribution in [0.25, 0.3) is 0 Å². The van der Waals surface area contributed by atoms with Crippen molar-refractivity contribution in [1.82, 2.24) is 20.3 Å². The second kappa shape index (κ2) is 8.45. The van der Waals surface area contributed by atoms with E-state index in [0.29, 0.717) is 11.7 Å². The molecule has 2 aromatic heterocycles. The minimum Gasteiger partial charge on any atom is -0.356 e. The maximum atomic E-state index is 12.4. The molecule has 0 atom stereocenters. The minimum atomic E-state index is 0.0335. The van der Waals surface area contributed by atoms with Crippen molar-refractivity contribution in [2.75, 3.05) is 18.0 Å². The monoisotopic (exact) mass is 373 g/mol. The number of aromatic nitrogens is 3. The van der Waals surface area contributed by atoms with Gasteiger partial charge in [-0.25, -0.2) is 9.97 Å². The molecule has 138 valence electrons. The Kier molecular flexibility index (Phi) is 6.04. The molecule has 0 aliphatic carbocycles. The number of piperidine rings is 1. The fraction of sp³-hybridized carbons (Fsp3) is 0.474. The molecule has 0 radical (unpaired) electrons. The summed E-state index contributed by atoms with van der Waals surface area (Å²) in [6, 6.07) is 3.84. The van der Waals surface area contributed by atoms with Crippen LogP contribution in [-0.2, 0) is 17.8 Å². The van der Waals surface area contributed by atoms with Gasteiger partial charge in [-0.3, -0.25) is 9.78 Å². The minimum absolute atomic E-state index is 0.0335. The van der Waals surface area contributed by atoms with Crippen molar-refractivity contribution < 1.29 is 4.79 Å². The van der Waals surface area contributed by atoms with E-state index in [1.54, 1.807) is 12.4 Å². The molecule has 1 aliphatic rings. The first-order valence-corrected chi connectivity index (χ1v) is 9.40. The van der Waals surface area contributed by atoms with E-state index in [1.165, 1.54) is 0 Å². The Hall–Kier alpha value is -2.21. The van der Waals surface area contributed by atoms with Crippen LogP contribution in [0.5, 0.6) is 0 Å². The van der Waals surface area contributed by atoms with Crippen molar-refractivity contribution in [3.63, 3.8) is 0 Å². The van der Waals surface area contributed by atoms with Crippen LogP contribution in [-0.4, -0.2) is 33.9 Å². The van der Waals surface area contributed by atoms with Gasteiger partial charge in [-0.1, -0.05) is 24.6 Å². The number of carbonyl (C=O) groups is 1. The molecule has 3 rings (SSSR count). The number of aryl methyl sites for hydroxylation is 1. The summed E-state index contributed by atoms with van der Waals surface area (Å²) in [6.45, 7) is 6.07. The number of pyridine rings is 1. The molecule has 3 heterocycles. The van der Waals surface area contributed by atoms with Crippen molar-refractivity contribution in [1.29, 1.82) is 0 Å². The number of amides is 1. The van der Waals surface area contributed by atoms with Gasteiger partial charge in [0.2, 0.25) is 5.91 Å². The third kappa shape index (κ3) is 4.30. The molecule has 26 heavy (non-hydrogen) atoms. The second-order valence-electron chi connectivity index (χ2n) is 6.57. The summed E-state index contributed by atoms with van der Waals surface area (Å²) in [5.41, 5.74) is 1.92. The summed E-state index contributed by atoms with van der Waals surface area (Å²) in [6.07, 6.45) is 5.87. The molecule has 1 saturated heterocycles. The summed E-state index contributed by atoms with van der Waals surface area (Å²) in [5, 5.41) is 3.53. The lowest BCUT2D eigenvalue weighted by Crippen LogP contribution is -2.41. The lowest BCUT2D eigenvalue weighted by molar-refractivity contribution is -0.125. The molecule has 1 amide bonds. The van der Waals surface area contributed by atoms with E-state index in [9.17, 15) is 4.79 Å². The zero-order valence-corrected chi connectivity index (χ0v) is 16.0. The number of anilines is 1.